The van der Waals surface area contributed by atoms with E-state index >= 15 is 0 Å². The number of hydrogen-bond acceptors (Lipinski definition) is 3. The van der Waals surface area contributed by atoms with Crippen LogP contribution in [0, 0.1) is 17.6 Å². The van der Waals surface area contributed by atoms with Crippen molar-refractivity contribution in [1.29, 1.82) is 0 Å². The van der Waals surface area contributed by atoms with Gasteiger partial charge in [0.1, 0.15) is 11.6 Å². The van der Waals surface area contributed by atoms with Gasteiger partial charge in [0.2, 0.25) is 10.0 Å². The molecule has 2 aromatic carbocycles. The Morgan fingerprint density at radius 3 is 2.34 bits per heavy atom. The molecular weight excluding hydrogens is 394 g/mol. The number of benzene rings is 2. The molecule has 158 valence electrons. The van der Waals surface area contributed by atoms with Gasteiger partial charge in [-0.15, -0.1) is 0 Å². The molecule has 0 heterocycles. The van der Waals surface area contributed by atoms with E-state index in [0.717, 1.165) is 30.5 Å². The van der Waals surface area contributed by atoms with Crippen LogP contribution in [-0.4, -0.2) is 31.1 Å². The Kier molecular flexibility index (Phi) is 7.03. The SMILES string of the molecule is CS(=O)(=O)N(Cc1ccccc1)C1CCC([C@H](N)Cc2cc(F)ccc2F)CC1. The number of hydrogen-bond donors (Lipinski definition) is 1. The highest BCUT2D eigenvalue weighted by molar-refractivity contribution is 7.88. The van der Waals surface area contributed by atoms with Crippen molar-refractivity contribution in [2.75, 3.05) is 6.26 Å². The van der Waals surface area contributed by atoms with E-state index in [9.17, 15) is 17.2 Å². The molecule has 1 atom stereocenters. The first-order valence-electron chi connectivity index (χ1n) is 9.94. The molecule has 2 N–H and O–H groups in total. The second kappa shape index (κ2) is 9.32. The fourth-order valence-corrected chi connectivity index (χ4v) is 5.35. The number of sulfonamides is 1. The largest absolute Gasteiger partial charge is 0.327 e. The lowest BCUT2D eigenvalue weighted by molar-refractivity contribution is 0.194. The molecule has 1 aliphatic rings. The van der Waals surface area contributed by atoms with Crippen molar-refractivity contribution >= 4 is 10.0 Å². The lowest BCUT2D eigenvalue weighted by Gasteiger charge is -2.37. The molecule has 4 nitrogen and oxygen atoms in total. The maximum absolute atomic E-state index is 13.9. The normalized spacial score (nSPS) is 21.3. The summed E-state index contributed by atoms with van der Waals surface area (Å²) in [4.78, 5) is 0. The Labute approximate surface area is 171 Å². The molecule has 1 fully saturated rings. The third-order valence-electron chi connectivity index (χ3n) is 5.82. The van der Waals surface area contributed by atoms with Crippen LogP contribution in [0.25, 0.3) is 0 Å². The number of halogens is 2. The Hall–Kier alpha value is -1.83. The van der Waals surface area contributed by atoms with E-state index in [1.165, 1.54) is 12.3 Å². The second-order valence-corrected chi connectivity index (χ2v) is 9.90. The predicted octanol–water partition coefficient (Wildman–Crippen LogP) is 3.86. The van der Waals surface area contributed by atoms with Crippen molar-refractivity contribution in [2.24, 2.45) is 11.7 Å². The molecule has 0 radical (unpaired) electrons. The fourth-order valence-electron chi connectivity index (χ4n) is 4.22. The predicted molar refractivity (Wildman–Crippen MR) is 111 cm³/mol. The van der Waals surface area contributed by atoms with Crippen molar-refractivity contribution in [2.45, 2.75) is 50.7 Å². The van der Waals surface area contributed by atoms with Crippen LogP contribution in [0.15, 0.2) is 48.5 Å². The topological polar surface area (TPSA) is 63.4 Å². The van der Waals surface area contributed by atoms with E-state index < -0.39 is 21.7 Å². The maximum Gasteiger partial charge on any atom is 0.211 e. The zero-order valence-electron chi connectivity index (χ0n) is 16.6. The van der Waals surface area contributed by atoms with Crippen molar-refractivity contribution in [3.05, 3.63) is 71.3 Å². The van der Waals surface area contributed by atoms with Crippen molar-refractivity contribution in [3.63, 3.8) is 0 Å². The minimum atomic E-state index is -3.35. The summed E-state index contributed by atoms with van der Waals surface area (Å²) in [6.45, 7) is 0.357. The summed E-state index contributed by atoms with van der Waals surface area (Å²) in [5.41, 5.74) is 7.56. The van der Waals surface area contributed by atoms with Gasteiger partial charge in [-0.05, 0) is 67.3 Å². The van der Waals surface area contributed by atoms with Gasteiger partial charge >= 0.3 is 0 Å². The Morgan fingerprint density at radius 1 is 1.07 bits per heavy atom. The van der Waals surface area contributed by atoms with Crippen LogP contribution in [0.3, 0.4) is 0 Å². The zero-order chi connectivity index (χ0) is 21.0. The minimum absolute atomic E-state index is 0.0699. The van der Waals surface area contributed by atoms with Gasteiger partial charge in [-0.2, -0.15) is 4.31 Å². The fraction of sp³-hybridized carbons (Fsp3) is 0.455. The smallest absolute Gasteiger partial charge is 0.211 e. The molecule has 1 aliphatic carbocycles. The van der Waals surface area contributed by atoms with E-state index in [4.69, 9.17) is 5.73 Å². The maximum atomic E-state index is 13.9. The molecule has 0 amide bonds. The number of rotatable bonds is 7. The summed E-state index contributed by atoms with van der Waals surface area (Å²) in [5.74, 6) is -0.754. The van der Waals surface area contributed by atoms with Gasteiger partial charge in [0.05, 0.1) is 6.26 Å². The van der Waals surface area contributed by atoms with Gasteiger partial charge in [-0.25, -0.2) is 17.2 Å². The quantitative estimate of drug-likeness (QED) is 0.737. The Morgan fingerprint density at radius 2 is 1.72 bits per heavy atom. The van der Waals surface area contributed by atoms with E-state index in [1.54, 1.807) is 4.31 Å². The average Bonchev–Trinajstić information content (AvgIpc) is 2.69. The van der Waals surface area contributed by atoms with Gasteiger partial charge in [0, 0.05) is 18.6 Å². The third-order valence-corrected chi connectivity index (χ3v) is 7.10. The van der Waals surface area contributed by atoms with Crippen LogP contribution in [0.1, 0.15) is 36.8 Å². The molecule has 0 aliphatic heterocycles. The molecule has 7 heteroatoms. The van der Waals surface area contributed by atoms with E-state index in [0.29, 0.717) is 24.9 Å². The summed E-state index contributed by atoms with van der Waals surface area (Å²) in [5, 5.41) is 0. The Balaban J connectivity index is 1.62. The first-order valence-corrected chi connectivity index (χ1v) is 11.8. The standard InChI is InChI=1S/C22H28F2N2O2S/c1-29(27,28)26(15-16-5-3-2-4-6-16)20-10-7-17(8-11-20)22(25)14-18-13-19(23)9-12-21(18)24/h2-6,9,12-13,17,20,22H,7-8,10-11,14-15,25H2,1H3/t17?,20?,22-/m1/s1. The van der Waals surface area contributed by atoms with E-state index in [-0.39, 0.29) is 24.4 Å². The lowest BCUT2D eigenvalue weighted by Crippen LogP contribution is -2.44. The Bertz CT molecular complexity index is 914. The van der Waals surface area contributed by atoms with Crippen molar-refractivity contribution in [1.82, 2.24) is 4.31 Å². The van der Waals surface area contributed by atoms with Crippen molar-refractivity contribution < 1.29 is 17.2 Å². The van der Waals surface area contributed by atoms with Crippen LogP contribution in [0.5, 0.6) is 0 Å². The van der Waals surface area contributed by atoms with Crippen LogP contribution in [0.2, 0.25) is 0 Å². The zero-order valence-corrected chi connectivity index (χ0v) is 17.4. The third kappa shape index (κ3) is 5.84. The highest BCUT2D eigenvalue weighted by Gasteiger charge is 2.33. The number of nitrogens with two attached hydrogens (primary N) is 1. The molecule has 3 rings (SSSR count). The monoisotopic (exact) mass is 422 g/mol. The molecule has 0 aromatic heterocycles. The molecule has 0 spiro atoms. The average molecular weight is 423 g/mol. The van der Waals surface area contributed by atoms with Gasteiger partial charge in [-0.3, -0.25) is 0 Å². The minimum Gasteiger partial charge on any atom is -0.327 e. The summed E-state index contributed by atoms with van der Waals surface area (Å²) in [6.07, 6.45) is 4.49. The molecular formula is C22H28F2N2O2S. The first-order chi connectivity index (χ1) is 13.7. The van der Waals surface area contributed by atoms with Crippen LogP contribution < -0.4 is 5.73 Å². The van der Waals surface area contributed by atoms with Crippen LogP contribution in [-0.2, 0) is 23.0 Å². The molecule has 0 saturated heterocycles. The molecule has 0 bridgehead atoms. The van der Waals surface area contributed by atoms with Gasteiger partial charge in [0.25, 0.3) is 0 Å². The number of nitrogens with zero attached hydrogens (tertiary/aromatic N) is 1. The first kappa shape index (κ1) is 21.9. The summed E-state index contributed by atoms with van der Waals surface area (Å²) < 4.78 is 53.7. The van der Waals surface area contributed by atoms with Crippen molar-refractivity contribution in [3.8, 4) is 0 Å². The van der Waals surface area contributed by atoms with Crippen LogP contribution >= 0.6 is 0 Å². The molecule has 29 heavy (non-hydrogen) atoms. The van der Waals surface area contributed by atoms with Gasteiger partial charge in [-0.1, -0.05) is 30.3 Å². The summed E-state index contributed by atoms with van der Waals surface area (Å²) in [7, 11) is -3.35. The highest BCUT2D eigenvalue weighted by Crippen LogP contribution is 2.32. The van der Waals surface area contributed by atoms with Gasteiger partial charge in [0.15, 0.2) is 0 Å². The summed E-state index contributed by atoms with van der Waals surface area (Å²) in [6, 6.07) is 12.6. The van der Waals surface area contributed by atoms with Gasteiger partial charge < -0.3 is 5.73 Å². The molecule has 1 saturated carbocycles. The van der Waals surface area contributed by atoms with E-state index in [1.807, 2.05) is 30.3 Å². The summed E-state index contributed by atoms with van der Waals surface area (Å²) >= 11 is 0. The second-order valence-electron chi connectivity index (χ2n) is 7.97. The lowest BCUT2D eigenvalue weighted by atomic mass is 9.80. The van der Waals surface area contributed by atoms with E-state index in [2.05, 4.69) is 0 Å². The van der Waals surface area contributed by atoms with Crippen LogP contribution in [0.4, 0.5) is 8.78 Å². The molecule has 0 unspecified atom stereocenters. The molecule has 2 aromatic rings. The highest BCUT2D eigenvalue weighted by atomic mass is 32.2.